The van der Waals surface area contributed by atoms with E-state index in [1.54, 1.807) is 0 Å². The second kappa shape index (κ2) is 2.93. The minimum atomic E-state index is -4.84. The van der Waals surface area contributed by atoms with Crippen molar-refractivity contribution in [3.05, 3.63) is 0 Å². The van der Waals surface area contributed by atoms with E-state index in [-0.39, 0.29) is 0 Å². The summed E-state index contributed by atoms with van der Waals surface area (Å²) >= 11 is 0. The van der Waals surface area contributed by atoms with Gasteiger partial charge in [-0.1, -0.05) is 0 Å². The molecule has 0 bridgehead atoms. The minimum Gasteiger partial charge on any atom is -0.385 e. The topological polar surface area (TPSA) is 104 Å². The van der Waals surface area contributed by atoms with Crippen molar-refractivity contribution < 1.29 is 26.8 Å². The van der Waals surface area contributed by atoms with Crippen LogP contribution in [0.1, 0.15) is 0 Å². The normalized spacial score (nSPS) is 18.3. The van der Waals surface area contributed by atoms with E-state index in [1.807, 2.05) is 0 Å². The van der Waals surface area contributed by atoms with E-state index in [0.29, 0.717) is 4.49 Å². The zero-order valence-electron chi connectivity index (χ0n) is 4.56. The number of rotatable bonds is 3. The summed E-state index contributed by atoms with van der Waals surface area (Å²) in [4.78, 5) is 0. The van der Waals surface area contributed by atoms with Crippen LogP contribution in [-0.2, 0) is 14.9 Å². The maximum absolute atomic E-state index is 12.0. The third-order valence-electron chi connectivity index (χ3n) is 0.434. The molecule has 0 spiro atoms. The number of aliphatic hydroxyl groups is 1. The fraction of sp³-hybridized carbons (Fsp3) is 1.00. The van der Waals surface area contributed by atoms with Crippen LogP contribution < -0.4 is 4.49 Å². The maximum Gasteiger partial charge on any atom is 0.346 e. The van der Waals surface area contributed by atoms with Gasteiger partial charge in [-0.05, 0) is 0 Å². The lowest BCUT2D eigenvalue weighted by Crippen LogP contribution is -2.18. The number of halogens is 1. The van der Waals surface area contributed by atoms with Gasteiger partial charge in [-0.15, -0.1) is 4.49 Å². The van der Waals surface area contributed by atoms with Crippen LogP contribution in [0.4, 0.5) is 4.20 Å². The molecule has 0 heterocycles. The molecule has 9 heteroatoms. The van der Waals surface area contributed by atoms with Gasteiger partial charge in [0.2, 0.25) is 0 Å². The molecular weight excluding hydrogens is 188 g/mol. The van der Waals surface area contributed by atoms with E-state index in [9.17, 15) is 17.2 Å². The Bertz CT molecular complexity index is 246. The zero-order valence-corrected chi connectivity index (χ0v) is 6.27. The molecular formula is CH5FNO5PS. The fourth-order valence-corrected chi connectivity index (χ4v) is 1.81. The highest BCUT2D eigenvalue weighted by Gasteiger charge is 2.24. The molecule has 0 aliphatic rings. The molecule has 1 unspecified atom stereocenters. The van der Waals surface area contributed by atoms with Crippen molar-refractivity contribution in [3.8, 4) is 0 Å². The first-order valence-corrected chi connectivity index (χ1v) is 5.15. The predicted molar refractivity (Wildman–Crippen MR) is 30.5 cm³/mol. The Morgan fingerprint density at radius 3 is 2.10 bits per heavy atom. The lowest BCUT2D eigenvalue weighted by molar-refractivity contribution is 0.345. The number of nitrogens with one attached hydrogen (secondary N) is 1. The number of aliphatic hydroxyl groups excluding tert-OH is 1. The molecule has 3 N–H and O–H groups in total. The lowest BCUT2D eigenvalue weighted by Gasteiger charge is -2.02. The molecule has 0 amide bonds. The monoisotopic (exact) mass is 193 g/mol. The smallest absolute Gasteiger partial charge is 0.346 e. The van der Waals surface area contributed by atoms with Gasteiger partial charge in [0.05, 0.1) is 0 Å². The summed E-state index contributed by atoms with van der Waals surface area (Å²) in [5, 5.41) is 7.88. The summed E-state index contributed by atoms with van der Waals surface area (Å²) in [5.41, 5.74) is 0. The molecule has 0 aliphatic heterocycles. The molecule has 10 heavy (non-hydrogen) atoms. The Hall–Kier alpha value is -0.0100. The van der Waals surface area contributed by atoms with Crippen molar-refractivity contribution in [1.82, 2.24) is 4.49 Å². The molecule has 62 valence electrons. The van der Waals surface area contributed by atoms with Crippen LogP contribution >= 0.6 is 7.60 Å². The van der Waals surface area contributed by atoms with Gasteiger partial charge in [0, 0.05) is 0 Å². The summed E-state index contributed by atoms with van der Waals surface area (Å²) < 4.78 is 50.0. The Kier molecular flexibility index (Phi) is 2.93. The standard InChI is InChI=1S/CH5FNO5PS/c2-9(5,1-4)3-10(6,7)8/h4H,1H2,(H,3,5)(H,6,7,8). The summed E-state index contributed by atoms with van der Waals surface area (Å²) in [6, 6.07) is 0. The van der Waals surface area contributed by atoms with Crippen molar-refractivity contribution in [2.75, 3.05) is 6.35 Å². The Morgan fingerprint density at radius 2 is 2.00 bits per heavy atom. The highest BCUT2D eigenvalue weighted by Crippen LogP contribution is 2.41. The quantitative estimate of drug-likeness (QED) is 0.413. The van der Waals surface area contributed by atoms with Crippen molar-refractivity contribution >= 4 is 17.9 Å². The predicted octanol–water partition coefficient (Wildman–Crippen LogP) is -0.509. The molecule has 0 fully saturated rings. The molecule has 6 nitrogen and oxygen atoms in total. The maximum atomic E-state index is 12.0. The van der Waals surface area contributed by atoms with Gasteiger partial charge in [0.25, 0.3) is 0 Å². The average Bonchev–Trinajstić information content (AvgIpc) is 1.60. The van der Waals surface area contributed by atoms with Crippen LogP contribution in [0.25, 0.3) is 0 Å². The van der Waals surface area contributed by atoms with Crippen molar-refractivity contribution in [2.45, 2.75) is 0 Å². The first-order chi connectivity index (χ1) is 4.27. The molecule has 0 saturated heterocycles. The average molecular weight is 193 g/mol. The molecule has 0 rings (SSSR count). The minimum absolute atomic E-state index is 0.712. The van der Waals surface area contributed by atoms with Crippen LogP contribution in [-0.4, -0.2) is 24.4 Å². The lowest BCUT2D eigenvalue weighted by atomic mass is 11.7. The fourth-order valence-electron chi connectivity index (χ4n) is 0.201. The first kappa shape index (κ1) is 9.99. The second-order valence-corrected chi connectivity index (χ2v) is 4.63. The van der Waals surface area contributed by atoms with Crippen LogP contribution in [0.15, 0.2) is 0 Å². The van der Waals surface area contributed by atoms with Gasteiger partial charge < -0.3 is 5.11 Å². The third kappa shape index (κ3) is 4.83. The van der Waals surface area contributed by atoms with E-state index in [4.69, 9.17) is 9.66 Å². The van der Waals surface area contributed by atoms with E-state index < -0.39 is 24.3 Å². The van der Waals surface area contributed by atoms with Crippen molar-refractivity contribution in [1.29, 1.82) is 0 Å². The number of hydrogen-bond acceptors (Lipinski definition) is 4. The van der Waals surface area contributed by atoms with Gasteiger partial charge >= 0.3 is 17.9 Å². The first-order valence-electron chi connectivity index (χ1n) is 1.93. The van der Waals surface area contributed by atoms with E-state index >= 15 is 0 Å². The van der Waals surface area contributed by atoms with Crippen LogP contribution in [0.5, 0.6) is 0 Å². The third-order valence-corrected chi connectivity index (χ3v) is 2.81. The van der Waals surface area contributed by atoms with Gasteiger partial charge in [-0.25, -0.2) is 0 Å². The van der Waals surface area contributed by atoms with Gasteiger partial charge in [0.15, 0.2) is 0 Å². The molecule has 1 atom stereocenters. The summed E-state index contributed by atoms with van der Waals surface area (Å²) in [5.74, 6) is 0. The van der Waals surface area contributed by atoms with Crippen LogP contribution in [0.2, 0.25) is 0 Å². The van der Waals surface area contributed by atoms with E-state index in [1.165, 1.54) is 0 Å². The highest BCUT2D eigenvalue weighted by molar-refractivity contribution is 7.90. The van der Waals surface area contributed by atoms with E-state index in [2.05, 4.69) is 0 Å². The zero-order chi connectivity index (χ0) is 8.41. The van der Waals surface area contributed by atoms with Crippen LogP contribution in [0.3, 0.4) is 0 Å². The van der Waals surface area contributed by atoms with Crippen LogP contribution in [0, 0.1) is 0 Å². The summed E-state index contributed by atoms with van der Waals surface area (Å²) in [7, 11) is -9.67. The largest absolute Gasteiger partial charge is 0.385 e. The Labute approximate surface area is 56.5 Å². The molecule has 0 radical (unpaired) electrons. The molecule has 0 aromatic rings. The van der Waals surface area contributed by atoms with Gasteiger partial charge in [-0.3, -0.25) is 9.12 Å². The molecule has 0 saturated carbocycles. The van der Waals surface area contributed by atoms with Crippen molar-refractivity contribution in [2.24, 2.45) is 0 Å². The van der Waals surface area contributed by atoms with Gasteiger partial charge in [-0.2, -0.15) is 12.6 Å². The van der Waals surface area contributed by atoms with E-state index in [0.717, 1.165) is 0 Å². The summed E-state index contributed by atoms with van der Waals surface area (Å²) in [6.07, 6.45) is -1.48. The highest BCUT2D eigenvalue weighted by atomic mass is 32.2. The second-order valence-electron chi connectivity index (χ2n) is 1.36. The SMILES string of the molecule is O=P(F)(CO)NS(=O)(=O)O. The molecule has 0 aromatic carbocycles. The van der Waals surface area contributed by atoms with Crippen molar-refractivity contribution in [3.63, 3.8) is 0 Å². The molecule has 0 aliphatic carbocycles. The summed E-state index contributed by atoms with van der Waals surface area (Å²) in [6.45, 7) is 0. The molecule has 0 aromatic heterocycles. The number of hydrogen-bond donors (Lipinski definition) is 3. The Morgan fingerprint density at radius 1 is 1.60 bits per heavy atom. The van der Waals surface area contributed by atoms with Gasteiger partial charge in [0.1, 0.15) is 6.35 Å². The Balaban J connectivity index is 4.32.